The number of amides is 1. The molecule has 1 atom stereocenters. The van der Waals surface area contributed by atoms with Crippen molar-refractivity contribution in [1.82, 2.24) is 15.0 Å². The highest BCUT2D eigenvalue weighted by Gasteiger charge is 2.24. The summed E-state index contributed by atoms with van der Waals surface area (Å²) < 4.78 is 1.10. The summed E-state index contributed by atoms with van der Waals surface area (Å²) in [6, 6.07) is 4.95. The topological polar surface area (TPSA) is 76.9 Å². The molecule has 140 valence electrons. The Labute approximate surface area is 169 Å². The molecule has 1 amide bonds. The van der Waals surface area contributed by atoms with Crippen LogP contribution in [0.2, 0.25) is 10.0 Å². The van der Waals surface area contributed by atoms with E-state index in [1.54, 1.807) is 18.2 Å². The van der Waals surface area contributed by atoms with E-state index in [-0.39, 0.29) is 17.1 Å². The van der Waals surface area contributed by atoms with Gasteiger partial charge in [-0.2, -0.15) is 0 Å². The van der Waals surface area contributed by atoms with Crippen molar-refractivity contribution in [3.05, 3.63) is 49.0 Å². The average Bonchev–Trinajstić information content (AvgIpc) is 2.99. The number of fused-ring (bicyclic) bond motifs is 3. The van der Waals surface area contributed by atoms with Gasteiger partial charge in [-0.05, 0) is 42.9 Å². The third-order valence-corrected chi connectivity index (χ3v) is 6.66. The molecular formula is C18H16Cl2N4O2S. The van der Waals surface area contributed by atoms with E-state index in [0.717, 1.165) is 29.5 Å². The summed E-state index contributed by atoms with van der Waals surface area (Å²) >= 11 is 13.6. The van der Waals surface area contributed by atoms with Gasteiger partial charge in [0.1, 0.15) is 6.54 Å². The van der Waals surface area contributed by atoms with Crippen molar-refractivity contribution in [2.24, 2.45) is 5.92 Å². The second-order valence-corrected chi connectivity index (χ2v) is 8.60. The van der Waals surface area contributed by atoms with E-state index in [1.807, 2.05) is 0 Å². The van der Waals surface area contributed by atoms with E-state index in [1.165, 1.54) is 16.2 Å². The maximum atomic E-state index is 12.9. The van der Waals surface area contributed by atoms with Crippen molar-refractivity contribution < 1.29 is 4.79 Å². The zero-order chi connectivity index (χ0) is 19.1. The zero-order valence-electron chi connectivity index (χ0n) is 14.5. The highest BCUT2D eigenvalue weighted by molar-refractivity contribution is 7.18. The Balaban J connectivity index is 1.62. The van der Waals surface area contributed by atoms with Crippen LogP contribution in [0, 0.1) is 5.92 Å². The molecular weight excluding hydrogens is 407 g/mol. The number of carbonyl (C=O) groups is 1. The lowest BCUT2D eigenvalue weighted by Crippen LogP contribution is -2.30. The summed E-state index contributed by atoms with van der Waals surface area (Å²) in [5.41, 5.74) is 1.18. The van der Waals surface area contributed by atoms with Gasteiger partial charge in [0.2, 0.25) is 5.91 Å². The molecule has 0 aliphatic heterocycles. The van der Waals surface area contributed by atoms with Gasteiger partial charge in [0, 0.05) is 4.88 Å². The minimum atomic E-state index is -0.423. The van der Waals surface area contributed by atoms with Crippen LogP contribution in [0.3, 0.4) is 0 Å². The smallest absolute Gasteiger partial charge is 0.279 e. The van der Waals surface area contributed by atoms with Gasteiger partial charge in [0.25, 0.3) is 5.56 Å². The molecule has 2 aromatic heterocycles. The first kappa shape index (κ1) is 18.4. The Kier molecular flexibility index (Phi) is 4.92. The number of aryl methyl sites for hydroxylation is 1. The third-order valence-electron chi connectivity index (χ3n) is 4.70. The van der Waals surface area contributed by atoms with Crippen LogP contribution in [-0.4, -0.2) is 20.9 Å². The molecule has 2 heterocycles. The molecule has 0 unspecified atom stereocenters. The summed E-state index contributed by atoms with van der Waals surface area (Å²) in [5, 5.41) is 12.0. The van der Waals surface area contributed by atoms with E-state index in [9.17, 15) is 9.59 Å². The van der Waals surface area contributed by atoms with Gasteiger partial charge in [-0.3, -0.25) is 9.59 Å². The molecule has 27 heavy (non-hydrogen) atoms. The largest absolute Gasteiger partial charge is 0.323 e. The van der Waals surface area contributed by atoms with Crippen LogP contribution < -0.4 is 10.9 Å². The summed E-state index contributed by atoms with van der Waals surface area (Å²) in [7, 11) is 0. The molecule has 1 N–H and O–H groups in total. The second-order valence-electron chi connectivity index (χ2n) is 6.73. The number of hydrogen-bond acceptors (Lipinski definition) is 5. The number of nitrogens with one attached hydrogen (secondary N) is 1. The van der Waals surface area contributed by atoms with Crippen LogP contribution in [0.4, 0.5) is 5.69 Å². The van der Waals surface area contributed by atoms with Gasteiger partial charge < -0.3 is 5.32 Å². The fourth-order valence-corrected chi connectivity index (χ4v) is 4.99. The Morgan fingerprint density at radius 3 is 3.04 bits per heavy atom. The van der Waals surface area contributed by atoms with E-state index in [0.29, 0.717) is 26.8 Å². The van der Waals surface area contributed by atoms with Crippen molar-refractivity contribution in [3.8, 4) is 0 Å². The van der Waals surface area contributed by atoms with Crippen LogP contribution in [0.25, 0.3) is 10.2 Å². The summed E-state index contributed by atoms with van der Waals surface area (Å²) in [4.78, 5) is 27.1. The van der Waals surface area contributed by atoms with Crippen molar-refractivity contribution in [1.29, 1.82) is 0 Å². The quantitative estimate of drug-likeness (QED) is 0.693. The summed E-state index contributed by atoms with van der Waals surface area (Å²) in [6.45, 7) is 1.97. The van der Waals surface area contributed by atoms with Crippen molar-refractivity contribution >= 4 is 56.3 Å². The van der Waals surface area contributed by atoms with Crippen molar-refractivity contribution in [2.75, 3.05) is 5.32 Å². The molecule has 0 saturated heterocycles. The Morgan fingerprint density at radius 2 is 2.22 bits per heavy atom. The first-order chi connectivity index (χ1) is 12.9. The second kappa shape index (κ2) is 7.22. The molecule has 3 aromatic rings. The lowest BCUT2D eigenvalue weighted by molar-refractivity contribution is -0.117. The van der Waals surface area contributed by atoms with E-state index < -0.39 is 5.91 Å². The molecule has 1 aromatic carbocycles. The molecule has 6 nitrogen and oxygen atoms in total. The normalized spacial score (nSPS) is 16.3. The number of rotatable bonds is 3. The van der Waals surface area contributed by atoms with Gasteiger partial charge in [-0.15, -0.1) is 16.4 Å². The minimum Gasteiger partial charge on any atom is -0.323 e. The summed E-state index contributed by atoms with van der Waals surface area (Å²) in [6.07, 6.45) is 2.87. The Morgan fingerprint density at radius 1 is 1.41 bits per heavy atom. The predicted octanol–water partition coefficient (Wildman–Crippen LogP) is 3.92. The Bertz CT molecular complexity index is 1110. The maximum Gasteiger partial charge on any atom is 0.279 e. The first-order valence-corrected chi connectivity index (χ1v) is 10.1. The summed E-state index contributed by atoms with van der Waals surface area (Å²) in [5.74, 6) is 0.182. The molecule has 0 fully saturated rings. The SMILES string of the molecule is C[C@H]1CCc2c(sc3nnn(CC(=O)Nc4cccc(Cl)c4Cl)c(=O)c23)C1. The van der Waals surface area contributed by atoms with E-state index in [2.05, 4.69) is 22.6 Å². The van der Waals surface area contributed by atoms with Gasteiger partial charge in [-0.1, -0.05) is 41.4 Å². The minimum absolute atomic E-state index is 0.244. The fourth-order valence-electron chi connectivity index (χ4n) is 3.32. The number of nitrogens with zero attached hydrogens (tertiary/aromatic N) is 3. The van der Waals surface area contributed by atoms with E-state index >= 15 is 0 Å². The standard InChI is InChI=1S/C18H16Cl2N4O2S/c1-9-5-6-10-13(7-9)27-17-15(10)18(26)24(23-22-17)8-14(25)21-12-4-2-3-11(19)16(12)20/h2-4,9H,5-8H2,1H3,(H,21,25)/t9-/m0/s1. The first-order valence-electron chi connectivity index (χ1n) is 8.56. The number of anilines is 1. The van der Waals surface area contributed by atoms with Gasteiger partial charge >= 0.3 is 0 Å². The molecule has 1 aliphatic rings. The molecule has 0 radical (unpaired) electrons. The van der Waals surface area contributed by atoms with Gasteiger partial charge in [-0.25, -0.2) is 4.68 Å². The number of halogens is 2. The Hall–Kier alpha value is -1.96. The van der Waals surface area contributed by atoms with Gasteiger partial charge in [0.05, 0.1) is 21.1 Å². The number of hydrogen-bond donors (Lipinski definition) is 1. The number of benzene rings is 1. The van der Waals surface area contributed by atoms with Crippen LogP contribution >= 0.6 is 34.5 Å². The fraction of sp³-hybridized carbons (Fsp3) is 0.333. The number of thiophene rings is 1. The van der Waals surface area contributed by atoms with Gasteiger partial charge in [0.15, 0.2) is 4.83 Å². The molecule has 4 rings (SSSR count). The molecule has 9 heteroatoms. The van der Waals surface area contributed by atoms with Crippen molar-refractivity contribution in [3.63, 3.8) is 0 Å². The monoisotopic (exact) mass is 422 g/mol. The van der Waals surface area contributed by atoms with Crippen molar-refractivity contribution in [2.45, 2.75) is 32.7 Å². The van der Waals surface area contributed by atoms with Crippen LogP contribution in [0.1, 0.15) is 23.8 Å². The van der Waals surface area contributed by atoms with Crippen LogP contribution in [0.15, 0.2) is 23.0 Å². The molecule has 0 spiro atoms. The lowest BCUT2D eigenvalue weighted by atomic mass is 9.89. The van der Waals surface area contributed by atoms with E-state index in [4.69, 9.17) is 23.2 Å². The van der Waals surface area contributed by atoms with Crippen LogP contribution in [0.5, 0.6) is 0 Å². The number of carbonyl (C=O) groups excluding carboxylic acids is 1. The molecule has 1 aliphatic carbocycles. The highest BCUT2D eigenvalue weighted by atomic mass is 35.5. The predicted molar refractivity (Wildman–Crippen MR) is 108 cm³/mol. The lowest BCUT2D eigenvalue weighted by Gasteiger charge is -2.17. The molecule has 0 saturated carbocycles. The molecule has 0 bridgehead atoms. The zero-order valence-corrected chi connectivity index (χ0v) is 16.8. The maximum absolute atomic E-state index is 12.9. The van der Waals surface area contributed by atoms with Crippen LogP contribution in [-0.2, 0) is 24.2 Å². The highest BCUT2D eigenvalue weighted by Crippen LogP contribution is 2.35. The number of aromatic nitrogens is 3. The third kappa shape index (κ3) is 3.47. The average molecular weight is 423 g/mol.